The minimum absolute atomic E-state index is 0.274. The Labute approximate surface area is 205 Å². The molecule has 0 aromatic heterocycles. The summed E-state index contributed by atoms with van der Waals surface area (Å²) in [5.74, 6) is -1.82. The van der Waals surface area contributed by atoms with Gasteiger partial charge in [-0.3, -0.25) is 4.79 Å². The molecule has 4 rings (SSSR count). The van der Waals surface area contributed by atoms with Crippen LogP contribution in [-0.4, -0.2) is 29.1 Å². The van der Waals surface area contributed by atoms with E-state index in [9.17, 15) is 19.1 Å². The molecular weight excluding hydrogens is 445 g/mol. The number of carboxylic acids is 1. The molecule has 5 nitrogen and oxygen atoms in total. The van der Waals surface area contributed by atoms with Gasteiger partial charge >= 0.3 is 5.97 Å². The summed E-state index contributed by atoms with van der Waals surface area (Å²) in [5, 5.41) is 10.2. The molecule has 0 bridgehead atoms. The van der Waals surface area contributed by atoms with Crippen molar-refractivity contribution < 1.29 is 23.8 Å². The molecule has 0 radical (unpaired) electrons. The van der Waals surface area contributed by atoms with Gasteiger partial charge in [0.2, 0.25) is 0 Å². The first kappa shape index (κ1) is 24.6. The number of aryl methyl sites for hydroxylation is 2. The molecule has 35 heavy (non-hydrogen) atoms. The summed E-state index contributed by atoms with van der Waals surface area (Å²) >= 11 is 0. The molecule has 3 aromatic carbocycles. The van der Waals surface area contributed by atoms with Crippen LogP contribution in [-0.2, 0) is 16.0 Å². The van der Waals surface area contributed by atoms with Crippen LogP contribution in [0.25, 0.3) is 11.1 Å². The number of hydrogen-bond acceptors (Lipinski definition) is 3. The second-order valence-electron chi connectivity index (χ2n) is 10.0. The number of rotatable bonds is 5. The summed E-state index contributed by atoms with van der Waals surface area (Å²) in [6.45, 7) is 9.75. The van der Waals surface area contributed by atoms with Crippen molar-refractivity contribution in [2.24, 2.45) is 0 Å². The summed E-state index contributed by atoms with van der Waals surface area (Å²) in [6, 6.07) is 15.4. The summed E-state index contributed by atoms with van der Waals surface area (Å²) in [7, 11) is 0. The highest BCUT2D eigenvalue weighted by Gasteiger charge is 2.36. The number of fused-ring (bicyclic) bond motifs is 1. The van der Waals surface area contributed by atoms with Crippen LogP contribution in [0.3, 0.4) is 0 Å². The van der Waals surface area contributed by atoms with E-state index in [2.05, 4.69) is 0 Å². The normalized spacial score (nSPS) is 14.1. The number of aliphatic carboxylic acids is 1. The van der Waals surface area contributed by atoms with Gasteiger partial charge in [0.15, 0.2) is 6.10 Å². The molecule has 1 amide bonds. The number of carbonyl (C=O) groups excluding carboxylic acids is 1. The van der Waals surface area contributed by atoms with E-state index in [4.69, 9.17) is 4.74 Å². The summed E-state index contributed by atoms with van der Waals surface area (Å²) in [6.07, 6.45) is -0.626. The van der Waals surface area contributed by atoms with Gasteiger partial charge < -0.3 is 14.7 Å². The van der Waals surface area contributed by atoms with Crippen LogP contribution in [0.5, 0.6) is 0 Å². The van der Waals surface area contributed by atoms with Crippen LogP contribution in [0.2, 0.25) is 0 Å². The van der Waals surface area contributed by atoms with Crippen molar-refractivity contribution in [3.8, 4) is 11.1 Å². The van der Waals surface area contributed by atoms with Crippen molar-refractivity contribution in [1.82, 2.24) is 0 Å². The van der Waals surface area contributed by atoms with Gasteiger partial charge in [0.1, 0.15) is 5.82 Å². The monoisotopic (exact) mass is 475 g/mol. The highest BCUT2D eigenvalue weighted by Crippen LogP contribution is 2.44. The molecule has 6 heteroatoms. The molecule has 0 unspecified atom stereocenters. The van der Waals surface area contributed by atoms with E-state index >= 15 is 0 Å². The minimum Gasteiger partial charge on any atom is -0.479 e. The Bertz CT molecular complexity index is 1290. The molecule has 0 fully saturated rings. The lowest BCUT2D eigenvalue weighted by Crippen LogP contribution is -2.29. The number of hydrogen-bond donors (Lipinski definition) is 1. The topological polar surface area (TPSA) is 66.8 Å². The summed E-state index contributed by atoms with van der Waals surface area (Å²) in [4.78, 5) is 27.4. The lowest BCUT2D eigenvalue weighted by atomic mass is 9.86. The van der Waals surface area contributed by atoms with Crippen molar-refractivity contribution in [2.75, 3.05) is 11.4 Å². The SMILES string of the molecule is Cc1ccc(-c2c3c(cc(C)c2[C@H](OC(C)(C)C)C(=O)O)N(C(=O)c2cccc(F)c2)CC3)cc1. The zero-order chi connectivity index (χ0) is 25.5. The smallest absolute Gasteiger partial charge is 0.337 e. The lowest BCUT2D eigenvalue weighted by molar-refractivity contribution is -0.160. The molecule has 1 heterocycles. The maximum absolute atomic E-state index is 13.8. The van der Waals surface area contributed by atoms with E-state index in [1.807, 2.05) is 65.0 Å². The Morgan fingerprint density at radius 3 is 2.34 bits per heavy atom. The second kappa shape index (κ2) is 9.27. The summed E-state index contributed by atoms with van der Waals surface area (Å²) in [5.41, 5.74) is 5.25. The number of benzene rings is 3. The number of carbonyl (C=O) groups is 2. The van der Waals surface area contributed by atoms with Crippen molar-refractivity contribution in [3.05, 3.63) is 88.2 Å². The van der Waals surface area contributed by atoms with Gasteiger partial charge in [-0.05, 0) is 87.6 Å². The van der Waals surface area contributed by atoms with E-state index in [0.29, 0.717) is 18.5 Å². The zero-order valence-electron chi connectivity index (χ0n) is 20.7. The van der Waals surface area contributed by atoms with Crippen LogP contribution in [0.1, 0.15) is 59.5 Å². The van der Waals surface area contributed by atoms with Crippen LogP contribution in [0.4, 0.5) is 10.1 Å². The first-order chi connectivity index (χ1) is 16.5. The molecule has 0 aliphatic carbocycles. The molecule has 182 valence electrons. The third-order valence-corrected chi connectivity index (χ3v) is 6.15. The van der Waals surface area contributed by atoms with Gasteiger partial charge in [-0.1, -0.05) is 35.9 Å². The first-order valence-corrected chi connectivity index (χ1v) is 11.7. The van der Waals surface area contributed by atoms with E-state index in [1.54, 1.807) is 11.0 Å². The van der Waals surface area contributed by atoms with E-state index in [1.165, 1.54) is 18.2 Å². The molecule has 1 atom stereocenters. The number of ether oxygens (including phenoxy) is 1. The van der Waals surface area contributed by atoms with Crippen LogP contribution >= 0.6 is 0 Å². The van der Waals surface area contributed by atoms with E-state index in [-0.39, 0.29) is 11.5 Å². The number of nitrogens with zero attached hydrogens (tertiary/aromatic N) is 1. The second-order valence-corrected chi connectivity index (χ2v) is 10.0. The Balaban J connectivity index is 1.93. The van der Waals surface area contributed by atoms with Gasteiger partial charge in [-0.15, -0.1) is 0 Å². The van der Waals surface area contributed by atoms with Gasteiger partial charge in [-0.2, -0.15) is 0 Å². The third kappa shape index (κ3) is 4.98. The molecule has 1 aliphatic rings. The van der Waals surface area contributed by atoms with Gasteiger partial charge in [-0.25, -0.2) is 9.18 Å². The predicted molar refractivity (Wildman–Crippen MR) is 134 cm³/mol. The number of halogens is 1. The van der Waals surface area contributed by atoms with Crippen molar-refractivity contribution in [3.63, 3.8) is 0 Å². The Morgan fingerprint density at radius 2 is 1.74 bits per heavy atom. The fraction of sp³-hybridized carbons (Fsp3) is 0.310. The molecule has 0 saturated heterocycles. The molecule has 3 aromatic rings. The fourth-order valence-electron chi connectivity index (χ4n) is 4.66. The van der Waals surface area contributed by atoms with Gasteiger partial charge in [0.05, 0.1) is 5.60 Å². The van der Waals surface area contributed by atoms with Gasteiger partial charge in [0.25, 0.3) is 5.91 Å². The van der Waals surface area contributed by atoms with Crippen molar-refractivity contribution in [1.29, 1.82) is 0 Å². The standard InChI is InChI=1S/C29H30FNO4/c1-17-9-11-19(12-10-17)25-22-13-14-31(27(32)20-7-6-8-21(30)16-20)23(22)15-18(2)24(25)26(28(33)34)35-29(3,4)5/h6-12,15-16,26H,13-14H2,1-5H3,(H,33,34)/t26-/m0/s1. The van der Waals surface area contributed by atoms with E-state index in [0.717, 1.165) is 33.5 Å². The van der Waals surface area contributed by atoms with Crippen LogP contribution in [0, 0.1) is 19.7 Å². The Kier molecular flexibility index (Phi) is 6.52. The highest BCUT2D eigenvalue weighted by molar-refractivity contribution is 6.08. The molecule has 1 N–H and O–H groups in total. The number of anilines is 1. The maximum atomic E-state index is 13.8. The average molecular weight is 476 g/mol. The Hall–Kier alpha value is -3.51. The predicted octanol–water partition coefficient (Wildman–Crippen LogP) is 6.25. The maximum Gasteiger partial charge on any atom is 0.337 e. The minimum atomic E-state index is -1.18. The third-order valence-electron chi connectivity index (χ3n) is 6.15. The Morgan fingerprint density at radius 1 is 1.06 bits per heavy atom. The van der Waals surface area contributed by atoms with Crippen molar-refractivity contribution >= 4 is 17.6 Å². The molecule has 0 saturated carbocycles. The zero-order valence-corrected chi connectivity index (χ0v) is 20.7. The molecule has 0 spiro atoms. The molecular formula is C29H30FNO4. The summed E-state index contributed by atoms with van der Waals surface area (Å²) < 4.78 is 19.9. The number of amides is 1. The van der Waals surface area contributed by atoms with Gasteiger partial charge in [0, 0.05) is 23.4 Å². The fourth-order valence-corrected chi connectivity index (χ4v) is 4.66. The highest BCUT2D eigenvalue weighted by atomic mass is 19.1. The van der Waals surface area contributed by atoms with Crippen LogP contribution < -0.4 is 4.90 Å². The lowest BCUT2D eigenvalue weighted by Gasteiger charge is -2.29. The van der Waals surface area contributed by atoms with Crippen LogP contribution in [0.15, 0.2) is 54.6 Å². The molecule has 1 aliphatic heterocycles. The van der Waals surface area contributed by atoms with Crippen molar-refractivity contribution in [2.45, 2.75) is 52.7 Å². The first-order valence-electron chi connectivity index (χ1n) is 11.7. The van der Waals surface area contributed by atoms with E-state index < -0.39 is 23.5 Å². The number of carboxylic acid groups (broad SMARTS) is 1. The quantitative estimate of drug-likeness (QED) is 0.473. The average Bonchev–Trinajstić information content (AvgIpc) is 3.19. The largest absolute Gasteiger partial charge is 0.479 e.